The molecule has 0 radical (unpaired) electrons. The maximum atomic E-state index is 12.0. The van der Waals surface area contributed by atoms with Crippen molar-refractivity contribution < 1.29 is 9.53 Å². The van der Waals surface area contributed by atoms with E-state index in [4.69, 9.17) is 10.5 Å². The van der Waals surface area contributed by atoms with Crippen molar-refractivity contribution in [3.63, 3.8) is 0 Å². The number of likely N-dealkylation sites (N-methyl/N-ethyl adjacent to an activating group) is 1. The minimum Gasteiger partial charge on any atom is -0.397 e. The van der Waals surface area contributed by atoms with Gasteiger partial charge in [-0.3, -0.25) is 4.79 Å². The third-order valence-corrected chi connectivity index (χ3v) is 3.78. The van der Waals surface area contributed by atoms with Crippen molar-refractivity contribution >= 4 is 22.9 Å². The molecule has 0 spiro atoms. The van der Waals surface area contributed by atoms with Crippen LogP contribution >= 0.6 is 11.3 Å². The van der Waals surface area contributed by atoms with E-state index in [0.717, 1.165) is 12.5 Å². The molecule has 1 fully saturated rings. The first-order valence-electron chi connectivity index (χ1n) is 5.84. The van der Waals surface area contributed by atoms with Gasteiger partial charge in [-0.25, -0.2) is 0 Å². The Kier molecular flexibility index (Phi) is 4.02. The van der Waals surface area contributed by atoms with Crippen molar-refractivity contribution in [2.24, 2.45) is 5.92 Å². The number of rotatable bonds is 6. The number of hydrogen-bond acceptors (Lipinski definition) is 4. The number of nitrogens with zero attached hydrogens (tertiary/aromatic N) is 1. The van der Waals surface area contributed by atoms with E-state index < -0.39 is 0 Å². The first-order valence-corrected chi connectivity index (χ1v) is 6.72. The number of anilines is 1. The summed E-state index contributed by atoms with van der Waals surface area (Å²) in [5.74, 6) is 0.747. The number of ether oxygens (including phenoxy) is 1. The molecule has 0 unspecified atom stereocenters. The Bertz CT molecular complexity index is 388. The summed E-state index contributed by atoms with van der Waals surface area (Å²) in [4.78, 5) is 14.2. The molecule has 94 valence electrons. The highest BCUT2D eigenvalue weighted by atomic mass is 32.1. The van der Waals surface area contributed by atoms with E-state index in [-0.39, 0.29) is 5.91 Å². The number of nitrogen functional groups attached to an aromatic ring is 1. The van der Waals surface area contributed by atoms with E-state index >= 15 is 0 Å². The molecule has 1 heterocycles. The first kappa shape index (κ1) is 12.4. The molecule has 0 aromatic carbocycles. The van der Waals surface area contributed by atoms with Crippen molar-refractivity contribution in [1.29, 1.82) is 0 Å². The number of carbonyl (C=O) groups is 1. The summed E-state index contributed by atoms with van der Waals surface area (Å²) < 4.78 is 5.50. The Morgan fingerprint density at radius 2 is 2.41 bits per heavy atom. The lowest BCUT2D eigenvalue weighted by molar-refractivity contribution is 0.0686. The van der Waals surface area contributed by atoms with Gasteiger partial charge in [-0.15, -0.1) is 11.3 Å². The average Bonchev–Trinajstić information content (AvgIpc) is 3.04. The normalized spacial score (nSPS) is 14.9. The summed E-state index contributed by atoms with van der Waals surface area (Å²) in [6.07, 6.45) is 2.58. The average molecular weight is 254 g/mol. The zero-order valence-corrected chi connectivity index (χ0v) is 10.8. The third kappa shape index (κ3) is 3.44. The highest BCUT2D eigenvalue weighted by Gasteiger charge is 2.21. The number of hydrogen-bond donors (Lipinski definition) is 1. The van der Waals surface area contributed by atoms with Gasteiger partial charge in [0.2, 0.25) is 0 Å². The molecule has 0 aliphatic heterocycles. The number of thiophene rings is 1. The van der Waals surface area contributed by atoms with Crippen LogP contribution in [0.1, 0.15) is 22.5 Å². The molecule has 0 bridgehead atoms. The van der Waals surface area contributed by atoms with Crippen LogP contribution in [0.25, 0.3) is 0 Å². The second-order valence-corrected chi connectivity index (χ2v) is 5.37. The van der Waals surface area contributed by atoms with Crippen LogP contribution in [0, 0.1) is 5.92 Å². The molecule has 0 saturated heterocycles. The summed E-state index contributed by atoms with van der Waals surface area (Å²) in [5, 5.41) is 1.83. The van der Waals surface area contributed by atoms with Gasteiger partial charge in [-0.1, -0.05) is 0 Å². The smallest absolute Gasteiger partial charge is 0.265 e. The van der Waals surface area contributed by atoms with E-state index in [9.17, 15) is 4.79 Å². The van der Waals surface area contributed by atoms with Gasteiger partial charge in [-0.2, -0.15) is 0 Å². The van der Waals surface area contributed by atoms with Gasteiger partial charge in [0.1, 0.15) is 4.88 Å². The zero-order chi connectivity index (χ0) is 12.3. The van der Waals surface area contributed by atoms with E-state index in [1.54, 1.807) is 18.0 Å². The molecule has 5 heteroatoms. The fraction of sp³-hybridized carbons (Fsp3) is 0.583. The van der Waals surface area contributed by atoms with Crippen LogP contribution in [-0.4, -0.2) is 37.6 Å². The van der Waals surface area contributed by atoms with Gasteiger partial charge < -0.3 is 15.4 Å². The minimum absolute atomic E-state index is 0.0208. The van der Waals surface area contributed by atoms with Crippen LogP contribution in [0.4, 0.5) is 5.69 Å². The molecule has 2 rings (SSSR count). The summed E-state index contributed by atoms with van der Waals surface area (Å²) in [6.45, 7) is 2.05. The maximum absolute atomic E-state index is 12.0. The number of nitrogens with two attached hydrogens (primary N) is 1. The Balaban J connectivity index is 1.72. The second-order valence-electron chi connectivity index (χ2n) is 4.45. The van der Waals surface area contributed by atoms with Crippen molar-refractivity contribution in [2.45, 2.75) is 12.8 Å². The monoisotopic (exact) mass is 254 g/mol. The van der Waals surface area contributed by atoms with Crippen LogP contribution in [-0.2, 0) is 4.74 Å². The number of carbonyl (C=O) groups excluding carboxylic acids is 1. The summed E-state index contributed by atoms with van der Waals surface area (Å²) in [5.41, 5.74) is 6.27. The quantitative estimate of drug-likeness (QED) is 0.788. The molecule has 1 aliphatic carbocycles. The van der Waals surface area contributed by atoms with E-state index in [1.165, 1.54) is 24.2 Å². The largest absolute Gasteiger partial charge is 0.397 e. The predicted molar refractivity (Wildman–Crippen MR) is 69.2 cm³/mol. The molecule has 1 amide bonds. The van der Waals surface area contributed by atoms with Gasteiger partial charge in [0.25, 0.3) is 5.91 Å². The van der Waals surface area contributed by atoms with Crippen molar-refractivity contribution in [2.75, 3.05) is 32.5 Å². The Hall–Kier alpha value is -1.07. The Morgan fingerprint density at radius 1 is 1.65 bits per heavy atom. The highest BCUT2D eigenvalue weighted by molar-refractivity contribution is 7.12. The van der Waals surface area contributed by atoms with Gasteiger partial charge in [0, 0.05) is 20.2 Å². The summed E-state index contributed by atoms with van der Waals surface area (Å²) in [7, 11) is 1.78. The molecule has 1 aromatic rings. The Labute approximate surface area is 105 Å². The Morgan fingerprint density at radius 3 is 3.00 bits per heavy atom. The fourth-order valence-electron chi connectivity index (χ4n) is 1.50. The molecular weight excluding hydrogens is 236 g/mol. The SMILES string of the molecule is CN(CCOCC1CC1)C(=O)c1sccc1N. The van der Waals surface area contributed by atoms with Crippen molar-refractivity contribution in [3.05, 3.63) is 16.3 Å². The summed E-state index contributed by atoms with van der Waals surface area (Å²) >= 11 is 1.38. The van der Waals surface area contributed by atoms with Gasteiger partial charge in [-0.05, 0) is 30.2 Å². The summed E-state index contributed by atoms with van der Waals surface area (Å²) in [6, 6.07) is 1.76. The van der Waals surface area contributed by atoms with Gasteiger partial charge >= 0.3 is 0 Å². The standard InChI is InChI=1S/C12H18N2O2S/c1-14(5-6-16-8-9-2-3-9)12(15)11-10(13)4-7-17-11/h4,7,9H,2-3,5-6,8,13H2,1H3. The molecule has 1 saturated carbocycles. The van der Waals surface area contributed by atoms with E-state index in [1.807, 2.05) is 5.38 Å². The zero-order valence-electron chi connectivity index (χ0n) is 10.0. The van der Waals surface area contributed by atoms with E-state index in [0.29, 0.717) is 23.7 Å². The van der Waals surface area contributed by atoms with Gasteiger partial charge in [0.05, 0.1) is 12.3 Å². The predicted octanol–water partition coefficient (Wildman–Crippen LogP) is 1.83. The van der Waals surface area contributed by atoms with Crippen LogP contribution in [0.15, 0.2) is 11.4 Å². The lowest BCUT2D eigenvalue weighted by Gasteiger charge is -2.16. The maximum Gasteiger partial charge on any atom is 0.265 e. The highest BCUT2D eigenvalue weighted by Crippen LogP contribution is 2.28. The fourth-order valence-corrected chi connectivity index (χ4v) is 2.32. The lowest BCUT2D eigenvalue weighted by Crippen LogP contribution is -2.30. The molecule has 4 nitrogen and oxygen atoms in total. The topological polar surface area (TPSA) is 55.6 Å². The lowest BCUT2D eigenvalue weighted by atomic mass is 10.3. The molecule has 17 heavy (non-hydrogen) atoms. The second kappa shape index (κ2) is 5.51. The first-order chi connectivity index (χ1) is 8.18. The van der Waals surface area contributed by atoms with Crippen LogP contribution in [0.5, 0.6) is 0 Å². The van der Waals surface area contributed by atoms with Crippen molar-refractivity contribution in [3.8, 4) is 0 Å². The van der Waals surface area contributed by atoms with E-state index in [2.05, 4.69) is 0 Å². The molecule has 2 N–H and O–H groups in total. The third-order valence-electron chi connectivity index (χ3n) is 2.86. The van der Waals surface area contributed by atoms with Crippen LogP contribution in [0.2, 0.25) is 0 Å². The molecule has 1 aromatic heterocycles. The van der Waals surface area contributed by atoms with Gasteiger partial charge in [0.15, 0.2) is 0 Å². The minimum atomic E-state index is -0.0208. The van der Waals surface area contributed by atoms with Crippen LogP contribution in [0.3, 0.4) is 0 Å². The molecule has 1 aliphatic rings. The molecular formula is C12H18N2O2S. The number of amides is 1. The van der Waals surface area contributed by atoms with Crippen molar-refractivity contribution in [1.82, 2.24) is 4.90 Å². The molecule has 0 atom stereocenters. The van der Waals surface area contributed by atoms with Crippen LogP contribution < -0.4 is 5.73 Å².